The Hall–Kier alpha value is -2.37. The molecule has 1 fully saturated rings. The molecule has 0 aromatic carbocycles. The molecule has 1 saturated heterocycles. The number of ether oxygens (including phenoxy) is 3. The predicted molar refractivity (Wildman–Crippen MR) is 129 cm³/mol. The molecule has 8 nitrogen and oxygen atoms in total. The van der Waals surface area contributed by atoms with Gasteiger partial charge in [0.25, 0.3) is 0 Å². The fourth-order valence-electron chi connectivity index (χ4n) is 4.63. The second kappa shape index (κ2) is 10.9. The summed E-state index contributed by atoms with van der Waals surface area (Å²) in [6.07, 6.45) is 2.95. The third-order valence-electron chi connectivity index (χ3n) is 6.64. The average molecular weight is 488 g/mol. The van der Waals surface area contributed by atoms with Crippen molar-refractivity contribution in [1.29, 1.82) is 0 Å². The molecule has 9 heteroatoms. The number of aliphatic hydroxyl groups excluding tert-OH is 1. The van der Waals surface area contributed by atoms with Crippen molar-refractivity contribution in [3.8, 4) is 23.7 Å². The van der Waals surface area contributed by atoms with Gasteiger partial charge in [-0.3, -0.25) is 5.32 Å². The molecule has 0 radical (unpaired) electrons. The zero-order chi connectivity index (χ0) is 24.8. The maximum atomic E-state index is 12.4. The molecule has 0 aromatic heterocycles. The number of hydrogen-bond acceptors (Lipinski definition) is 7. The van der Waals surface area contributed by atoms with Crippen LogP contribution in [0.25, 0.3) is 0 Å². The van der Waals surface area contributed by atoms with Crippen LogP contribution in [-0.4, -0.2) is 69.0 Å². The molecule has 3 rings (SSSR count). The lowest BCUT2D eigenvalue weighted by atomic mass is 9.73. The number of hydrogen-bond donors (Lipinski definition) is 3. The van der Waals surface area contributed by atoms with Gasteiger partial charge in [0.05, 0.1) is 39.0 Å². The second-order valence-electron chi connectivity index (χ2n) is 8.33. The molecule has 0 unspecified atom stereocenters. The lowest BCUT2D eigenvalue weighted by Gasteiger charge is -2.45. The van der Waals surface area contributed by atoms with Crippen molar-refractivity contribution < 1.29 is 33.6 Å². The van der Waals surface area contributed by atoms with E-state index in [1.807, 2.05) is 0 Å². The Morgan fingerprint density at radius 1 is 1.24 bits per heavy atom. The van der Waals surface area contributed by atoms with E-state index in [4.69, 9.17) is 18.6 Å². The summed E-state index contributed by atoms with van der Waals surface area (Å²) in [6.45, 7) is 6.47. The van der Waals surface area contributed by atoms with E-state index in [1.165, 1.54) is 13.2 Å². The highest BCUT2D eigenvalue weighted by molar-refractivity contribution is 6.73. The lowest BCUT2D eigenvalue weighted by Crippen LogP contribution is -2.55. The molecule has 0 aromatic rings. The largest absolute Gasteiger partial charge is 0.453 e. The summed E-state index contributed by atoms with van der Waals surface area (Å²) in [5, 5.41) is 24.5. The number of fused-ring (bicyclic) bond motifs is 2. The van der Waals surface area contributed by atoms with E-state index in [-0.39, 0.29) is 31.9 Å². The first-order valence-corrected chi connectivity index (χ1v) is 14.1. The Labute approximate surface area is 202 Å². The minimum atomic E-state index is -2.23. The first kappa shape index (κ1) is 26.2. The van der Waals surface area contributed by atoms with Crippen LogP contribution >= 0.6 is 0 Å². The fourth-order valence-corrected chi connectivity index (χ4v) is 7.31. The van der Waals surface area contributed by atoms with Gasteiger partial charge in [0.15, 0.2) is 13.9 Å². The molecular weight excluding hydrogens is 454 g/mol. The Kier molecular flexibility index (Phi) is 8.42. The summed E-state index contributed by atoms with van der Waals surface area (Å²) in [5.74, 6) is 10.4. The molecular formula is C25H33NO7Si. The van der Waals surface area contributed by atoms with Crippen LogP contribution in [0.4, 0.5) is 4.79 Å². The summed E-state index contributed by atoms with van der Waals surface area (Å²) in [5.41, 5.74) is -0.819. The third kappa shape index (κ3) is 5.01. The number of carbonyl (C=O) groups excluding carboxylic acids is 1. The summed E-state index contributed by atoms with van der Waals surface area (Å²) >= 11 is 0. The molecule has 3 aliphatic rings. The standard InChI is InChI=1S/C25H33NO7Si/c1-5-34(6-2,7-3)33-20-12-10-8-9-11-14-24(29)18-25(31-16-17-32-25)22(26-23(28)30-4)21(20)19(24)13-15-27/h8-9,13,20,27,29H,5-7,15-18H2,1-4H3,(H,26,28)/b9-8-,19-13+/t20-,24-/m0/s1. The van der Waals surface area contributed by atoms with E-state index in [9.17, 15) is 15.0 Å². The van der Waals surface area contributed by atoms with Crippen molar-refractivity contribution in [3.63, 3.8) is 0 Å². The molecule has 184 valence electrons. The first-order chi connectivity index (χ1) is 16.3. The van der Waals surface area contributed by atoms with Gasteiger partial charge in [-0.15, -0.1) is 0 Å². The van der Waals surface area contributed by atoms with Crippen LogP contribution in [0, 0.1) is 23.7 Å². The maximum absolute atomic E-state index is 12.4. The van der Waals surface area contributed by atoms with Crippen LogP contribution in [-0.2, 0) is 18.6 Å². The summed E-state index contributed by atoms with van der Waals surface area (Å²) < 4.78 is 23.7. The van der Waals surface area contributed by atoms with Crippen LogP contribution in [0.15, 0.2) is 35.1 Å². The summed E-state index contributed by atoms with van der Waals surface area (Å²) in [4.78, 5) is 12.4. The summed E-state index contributed by atoms with van der Waals surface area (Å²) in [7, 11) is -0.970. The predicted octanol–water partition coefficient (Wildman–Crippen LogP) is 2.36. The van der Waals surface area contributed by atoms with Crippen LogP contribution in [0.3, 0.4) is 0 Å². The molecule has 1 spiro atoms. The second-order valence-corrected chi connectivity index (χ2v) is 13.0. The molecule has 2 aliphatic carbocycles. The van der Waals surface area contributed by atoms with Crippen molar-refractivity contribution in [2.24, 2.45) is 0 Å². The van der Waals surface area contributed by atoms with Crippen LogP contribution < -0.4 is 5.32 Å². The number of methoxy groups -OCH3 is 1. The molecule has 2 atom stereocenters. The molecule has 2 bridgehead atoms. The average Bonchev–Trinajstić information content (AvgIpc) is 3.30. The normalized spacial score (nSPS) is 27.5. The van der Waals surface area contributed by atoms with E-state index in [0.29, 0.717) is 11.1 Å². The highest BCUT2D eigenvalue weighted by Crippen LogP contribution is 2.48. The van der Waals surface area contributed by atoms with E-state index in [2.05, 4.69) is 49.8 Å². The van der Waals surface area contributed by atoms with Crippen molar-refractivity contribution in [2.45, 2.75) is 62.8 Å². The minimum Gasteiger partial charge on any atom is -0.453 e. The Morgan fingerprint density at radius 3 is 2.47 bits per heavy atom. The number of aliphatic hydroxyl groups is 2. The van der Waals surface area contributed by atoms with Gasteiger partial charge in [-0.05, 0) is 30.3 Å². The van der Waals surface area contributed by atoms with Crippen LogP contribution in [0.5, 0.6) is 0 Å². The number of rotatable bonds is 7. The van der Waals surface area contributed by atoms with Gasteiger partial charge in [-0.2, -0.15) is 0 Å². The lowest BCUT2D eigenvalue weighted by molar-refractivity contribution is -0.161. The minimum absolute atomic E-state index is 0.118. The van der Waals surface area contributed by atoms with Gasteiger partial charge in [-0.25, -0.2) is 4.79 Å². The molecule has 0 saturated carbocycles. The zero-order valence-corrected chi connectivity index (χ0v) is 21.2. The van der Waals surface area contributed by atoms with Gasteiger partial charge < -0.3 is 28.8 Å². The monoisotopic (exact) mass is 487 g/mol. The first-order valence-electron chi connectivity index (χ1n) is 11.6. The maximum Gasteiger partial charge on any atom is 0.411 e. The highest BCUT2D eigenvalue weighted by atomic mass is 28.4. The number of nitrogens with one attached hydrogen (secondary N) is 1. The van der Waals surface area contributed by atoms with Gasteiger partial charge >= 0.3 is 6.09 Å². The quantitative estimate of drug-likeness (QED) is 0.374. The van der Waals surface area contributed by atoms with Crippen LogP contribution in [0.1, 0.15) is 27.2 Å². The number of amides is 1. The zero-order valence-electron chi connectivity index (χ0n) is 20.2. The SMILES string of the molecule is CC[Si](CC)(CC)O[C@H]1C#C/C=C\C#C[C@]2(O)CC3(OCCO3)C(NC(=O)OC)=C1/C2=C\CO. The number of allylic oxidation sites excluding steroid dienone is 2. The third-order valence-corrected chi connectivity index (χ3v) is 11.2. The topological polar surface area (TPSA) is 106 Å². The summed E-state index contributed by atoms with van der Waals surface area (Å²) in [6, 6.07) is 2.59. The molecule has 1 amide bonds. The van der Waals surface area contributed by atoms with Gasteiger partial charge in [-0.1, -0.05) is 50.5 Å². The molecule has 3 N–H and O–H groups in total. The highest BCUT2D eigenvalue weighted by Gasteiger charge is 2.57. The van der Waals surface area contributed by atoms with Crippen molar-refractivity contribution in [2.75, 3.05) is 26.9 Å². The van der Waals surface area contributed by atoms with E-state index < -0.39 is 31.9 Å². The molecule has 1 heterocycles. The van der Waals surface area contributed by atoms with Crippen molar-refractivity contribution in [3.05, 3.63) is 35.1 Å². The smallest absolute Gasteiger partial charge is 0.411 e. The fraction of sp³-hybridized carbons (Fsp3) is 0.560. The van der Waals surface area contributed by atoms with Gasteiger partial charge in [0.1, 0.15) is 6.10 Å². The Morgan fingerprint density at radius 2 is 1.88 bits per heavy atom. The Balaban J connectivity index is 2.37. The van der Waals surface area contributed by atoms with E-state index in [0.717, 1.165) is 18.1 Å². The van der Waals surface area contributed by atoms with Gasteiger partial charge in [0.2, 0.25) is 5.79 Å². The Bertz CT molecular complexity index is 991. The number of carbonyl (C=O) groups is 1. The molecule has 34 heavy (non-hydrogen) atoms. The van der Waals surface area contributed by atoms with Crippen molar-refractivity contribution >= 4 is 14.4 Å². The number of alkyl carbamates (subject to hydrolysis) is 1. The molecule has 1 aliphatic heterocycles. The van der Waals surface area contributed by atoms with E-state index >= 15 is 0 Å². The van der Waals surface area contributed by atoms with E-state index in [1.54, 1.807) is 12.2 Å². The van der Waals surface area contributed by atoms with Gasteiger partial charge in [0, 0.05) is 11.1 Å². The van der Waals surface area contributed by atoms with Crippen LogP contribution in [0.2, 0.25) is 18.1 Å². The van der Waals surface area contributed by atoms with Crippen molar-refractivity contribution in [1.82, 2.24) is 5.32 Å².